The highest BCUT2D eigenvalue weighted by Crippen LogP contribution is 2.27. The highest BCUT2D eigenvalue weighted by molar-refractivity contribution is 5.93. The maximum absolute atomic E-state index is 14.5. The minimum Gasteiger partial charge on any atom is -0.508 e. The zero-order valence-corrected chi connectivity index (χ0v) is 26.4. The molecule has 238 valence electrons. The van der Waals surface area contributed by atoms with Crippen molar-refractivity contribution in [3.05, 3.63) is 65.2 Å². The molecule has 0 saturated carbocycles. The van der Waals surface area contributed by atoms with Crippen LogP contribution in [0, 0.1) is 12.3 Å². The van der Waals surface area contributed by atoms with Crippen LogP contribution in [0.1, 0.15) is 83.0 Å². The van der Waals surface area contributed by atoms with Gasteiger partial charge in [-0.2, -0.15) is 0 Å². The van der Waals surface area contributed by atoms with Crippen LogP contribution in [0.15, 0.2) is 48.5 Å². The molecular weight excluding hydrogens is 562 g/mol. The van der Waals surface area contributed by atoms with Crippen LogP contribution in [-0.4, -0.2) is 65.2 Å². The molecule has 0 spiro atoms. The molecule has 2 unspecified atom stereocenters. The zero-order chi connectivity index (χ0) is 32.7. The van der Waals surface area contributed by atoms with Gasteiger partial charge >= 0.3 is 12.1 Å². The van der Waals surface area contributed by atoms with Gasteiger partial charge in [-0.15, -0.1) is 6.42 Å². The third-order valence-corrected chi connectivity index (χ3v) is 6.56. The van der Waals surface area contributed by atoms with Crippen molar-refractivity contribution in [2.24, 2.45) is 0 Å². The summed E-state index contributed by atoms with van der Waals surface area (Å²) in [5, 5.41) is 15.2. The third kappa shape index (κ3) is 11.6. The number of amides is 3. The molecule has 0 aliphatic carbocycles. The van der Waals surface area contributed by atoms with E-state index in [-0.39, 0.29) is 38.3 Å². The number of hydrogen-bond donors (Lipinski definition) is 3. The molecule has 0 aliphatic heterocycles. The standard InChI is InChI=1S/C34H45N3O7/c1-7-10-13-22-37(30(27-15-12-11-14-25(27)8-2)31(40)35-21-20-29(39)43-9-3)32(41)28(36-33(42)44-34(4,5)6)23-24-16-18-26(38)19-17-24/h2,11-12,14-19,28,30,38H,7,9-10,13,20-23H2,1,3-6H3,(H,35,40)(H,36,42). The minimum atomic E-state index is -1.16. The van der Waals surface area contributed by atoms with Crippen molar-refractivity contribution in [1.82, 2.24) is 15.5 Å². The summed E-state index contributed by atoms with van der Waals surface area (Å²) in [5.74, 6) is 1.17. The summed E-state index contributed by atoms with van der Waals surface area (Å²) in [4.78, 5) is 54.7. The Kier molecular flexibility index (Phi) is 14.2. The molecule has 3 N–H and O–H groups in total. The lowest BCUT2D eigenvalue weighted by Gasteiger charge is -2.35. The second-order valence-corrected chi connectivity index (χ2v) is 11.3. The Morgan fingerprint density at radius 3 is 2.32 bits per heavy atom. The molecule has 2 atom stereocenters. The molecule has 0 saturated heterocycles. The van der Waals surface area contributed by atoms with Crippen LogP contribution in [0.5, 0.6) is 5.75 Å². The molecule has 44 heavy (non-hydrogen) atoms. The van der Waals surface area contributed by atoms with Crippen molar-refractivity contribution in [3.63, 3.8) is 0 Å². The first kappa shape index (κ1) is 35.7. The SMILES string of the molecule is C#Cc1ccccc1C(C(=O)NCCC(=O)OCC)N(CCCCC)C(=O)C(Cc1ccc(O)cc1)NC(=O)OC(C)(C)C. The van der Waals surface area contributed by atoms with E-state index in [1.54, 1.807) is 64.1 Å². The fourth-order valence-corrected chi connectivity index (χ4v) is 4.55. The van der Waals surface area contributed by atoms with E-state index >= 15 is 0 Å². The number of alkyl carbamates (subject to hydrolysis) is 1. The number of benzene rings is 2. The first-order chi connectivity index (χ1) is 20.9. The van der Waals surface area contributed by atoms with Gasteiger partial charge in [0.15, 0.2) is 0 Å². The van der Waals surface area contributed by atoms with Gasteiger partial charge in [-0.3, -0.25) is 14.4 Å². The van der Waals surface area contributed by atoms with Gasteiger partial charge in [-0.25, -0.2) is 4.79 Å². The zero-order valence-electron chi connectivity index (χ0n) is 26.4. The van der Waals surface area contributed by atoms with Crippen molar-refractivity contribution >= 4 is 23.9 Å². The molecule has 0 aromatic heterocycles. The number of phenols is 1. The largest absolute Gasteiger partial charge is 0.508 e. The minimum absolute atomic E-state index is 0.00350. The van der Waals surface area contributed by atoms with Crippen molar-refractivity contribution in [3.8, 4) is 18.1 Å². The first-order valence-electron chi connectivity index (χ1n) is 15.0. The average Bonchev–Trinajstić information content (AvgIpc) is 2.96. The summed E-state index contributed by atoms with van der Waals surface area (Å²) >= 11 is 0. The lowest BCUT2D eigenvalue weighted by Crippen LogP contribution is -2.54. The van der Waals surface area contributed by atoms with Crippen LogP contribution in [0.25, 0.3) is 0 Å². The quantitative estimate of drug-likeness (QED) is 0.153. The number of aromatic hydroxyl groups is 1. The van der Waals surface area contributed by atoms with E-state index in [4.69, 9.17) is 15.9 Å². The van der Waals surface area contributed by atoms with Gasteiger partial charge in [0.2, 0.25) is 11.8 Å². The number of esters is 1. The summed E-state index contributed by atoms with van der Waals surface area (Å²) < 4.78 is 10.4. The molecular formula is C34H45N3O7. The second-order valence-electron chi connectivity index (χ2n) is 11.3. The van der Waals surface area contributed by atoms with E-state index in [9.17, 15) is 24.3 Å². The Labute approximate surface area is 260 Å². The summed E-state index contributed by atoms with van der Waals surface area (Å²) in [6, 6.07) is 10.9. The fourth-order valence-electron chi connectivity index (χ4n) is 4.55. The Bertz CT molecular complexity index is 1300. The van der Waals surface area contributed by atoms with Crippen molar-refractivity contribution in [2.45, 2.75) is 84.4 Å². The number of carbonyl (C=O) groups is 4. The highest BCUT2D eigenvalue weighted by Gasteiger charge is 2.37. The van der Waals surface area contributed by atoms with Gasteiger partial charge in [-0.05, 0) is 63.4 Å². The normalized spacial score (nSPS) is 12.3. The Morgan fingerprint density at radius 1 is 1.02 bits per heavy atom. The molecule has 10 heteroatoms. The van der Waals surface area contributed by atoms with Gasteiger partial charge in [0.1, 0.15) is 23.4 Å². The number of hydrogen-bond acceptors (Lipinski definition) is 7. The van der Waals surface area contributed by atoms with E-state index in [1.807, 2.05) is 6.92 Å². The number of nitrogens with zero attached hydrogens (tertiary/aromatic N) is 1. The number of rotatable bonds is 15. The number of unbranched alkanes of at least 4 members (excludes halogenated alkanes) is 2. The van der Waals surface area contributed by atoms with Crippen LogP contribution >= 0.6 is 0 Å². The maximum atomic E-state index is 14.5. The summed E-state index contributed by atoms with van der Waals surface area (Å²) in [6.07, 6.45) is 7.30. The lowest BCUT2D eigenvalue weighted by atomic mass is 9.96. The van der Waals surface area contributed by atoms with Crippen molar-refractivity contribution in [1.29, 1.82) is 0 Å². The topological polar surface area (TPSA) is 134 Å². The molecule has 0 radical (unpaired) electrons. The monoisotopic (exact) mass is 607 g/mol. The van der Waals surface area contributed by atoms with Crippen LogP contribution in [0.3, 0.4) is 0 Å². The van der Waals surface area contributed by atoms with Crippen molar-refractivity contribution in [2.75, 3.05) is 19.7 Å². The number of nitrogens with one attached hydrogen (secondary N) is 2. The third-order valence-electron chi connectivity index (χ3n) is 6.56. The van der Waals surface area contributed by atoms with Gasteiger partial charge < -0.3 is 30.1 Å². The van der Waals surface area contributed by atoms with E-state index in [1.165, 1.54) is 17.0 Å². The number of carbonyl (C=O) groups excluding carboxylic acids is 4. The van der Waals surface area contributed by atoms with Crippen LogP contribution in [0.2, 0.25) is 0 Å². The number of ether oxygens (including phenoxy) is 2. The molecule has 0 fully saturated rings. The smallest absolute Gasteiger partial charge is 0.408 e. The Hall–Kier alpha value is -4.52. The molecule has 3 amide bonds. The van der Waals surface area contributed by atoms with Gasteiger partial charge in [0, 0.05) is 25.1 Å². The van der Waals surface area contributed by atoms with Gasteiger partial charge in [0.25, 0.3) is 0 Å². The summed E-state index contributed by atoms with van der Waals surface area (Å²) in [5.41, 5.74) is 0.727. The summed E-state index contributed by atoms with van der Waals surface area (Å²) in [6.45, 7) is 9.29. The lowest BCUT2D eigenvalue weighted by molar-refractivity contribution is -0.144. The summed E-state index contributed by atoms with van der Waals surface area (Å²) in [7, 11) is 0. The predicted octanol–water partition coefficient (Wildman–Crippen LogP) is 4.64. The molecule has 2 aromatic rings. The van der Waals surface area contributed by atoms with Crippen LogP contribution in [-0.2, 0) is 30.3 Å². The van der Waals surface area contributed by atoms with Gasteiger partial charge in [-0.1, -0.05) is 56.0 Å². The molecule has 2 aromatic carbocycles. The van der Waals surface area contributed by atoms with Crippen LogP contribution < -0.4 is 10.6 Å². The average molecular weight is 608 g/mol. The van der Waals surface area contributed by atoms with E-state index < -0.39 is 41.6 Å². The van der Waals surface area contributed by atoms with Crippen molar-refractivity contribution < 1.29 is 33.8 Å². The van der Waals surface area contributed by atoms with Gasteiger partial charge in [0.05, 0.1) is 13.0 Å². The second kappa shape index (κ2) is 17.6. The Morgan fingerprint density at radius 2 is 1.70 bits per heavy atom. The first-order valence-corrected chi connectivity index (χ1v) is 15.0. The van der Waals surface area contributed by atoms with Crippen LogP contribution in [0.4, 0.5) is 4.79 Å². The fraction of sp³-hybridized carbons (Fsp3) is 0.471. The molecule has 0 aliphatic rings. The van der Waals surface area contributed by atoms with E-state index in [2.05, 4.69) is 16.6 Å². The van der Waals surface area contributed by atoms with E-state index in [0.29, 0.717) is 23.1 Å². The molecule has 2 rings (SSSR count). The molecule has 0 heterocycles. The number of terminal acetylenes is 1. The Balaban J connectivity index is 2.58. The molecule has 10 nitrogen and oxygen atoms in total. The number of phenolic OH excluding ortho intramolecular Hbond substituents is 1. The predicted molar refractivity (Wildman–Crippen MR) is 168 cm³/mol. The maximum Gasteiger partial charge on any atom is 0.408 e. The highest BCUT2D eigenvalue weighted by atomic mass is 16.6. The molecule has 0 bridgehead atoms. The van der Waals surface area contributed by atoms with E-state index in [0.717, 1.165) is 12.8 Å².